The largest absolute Gasteiger partial charge is 0.329 e. The van der Waals surface area contributed by atoms with Gasteiger partial charge in [-0.3, -0.25) is 0 Å². The van der Waals surface area contributed by atoms with Crippen molar-refractivity contribution in [1.29, 1.82) is 0 Å². The Labute approximate surface area is 118 Å². The smallest absolute Gasteiger partial charge is 0.282 e. The van der Waals surface area contributed by atoms with Crippen LogP contribution < -0.4 is 5.73 Å². The van der Waals surface area contributed by atoms with Crippen molar-refractivity contribution >= 4 is 10.2 Å². The topological polar surface area (TPSA) is 66.6 Å². The second-order valence-electron chi connectivity index (χ2n) is 6.06. The molecule has 2 N–H and O–H groups in total. The summed E-state index contributed by atoms with van der Waals surface area (Å²) in [4.78, 5) is 0. The number of nitrogens with zero attached hydrogens (tertiary/aromatic N) is 2. The molecule has 1 aliphatic rings. The van der Waals surface area contributed by atoms with E-state index >= 15 is 0 Å². The minimum atomic E-state index is -3.39. The standard InChI is InChI=1S/C13H29N3O2S/c1-11(2)10-16(12(3)4)19(17,18)15-8-6-5-7-13(15)9-14/h11-13H,5-10,14H2,1-4H3. The Morgan fingerprint density at radius 2 is 1.89 bits per heavy atom. The Morgan fingerprint density at radius 3 is 2.37 bits per heavy atom. The van der Waals surface area contributed by atoms with Crippen LogP contribution in [-0.4, -0.2) is 48.7 Å². The summed E-state index contributed by atoms with van der Waals surface area (Å²) < 4.78 is 28.9. The first-order chi connectivity index (χ1) is 8.80. The highest BCUT2D eigenvalue weighted by molar-refractivity contribution is 7.86. The summed E-state index contributed by atoms with van der Waals surface area (Å²) in [5.41, 5.74) is 5.74. The zero-order valence-corrected chi connectivity index (χ0v) is 13.5. The third-order valence-corrected chi connectivity index (χ3v) is 5.80. The third-order valence-electron chi connectivity index (χ3n) is 3.56. The molecule has 0 aromatic carbocycles. The van der Waals surface area contributed by atoms with Crippen LogP contribution in [0.2, 0.25) is 0 Å². The lowest BCUT2D eigenvalue weighted by Gasteiger charge is -2.39. The highest BCUT2D eigenvalue weighted by Crippen LogP contribution is 2.24. The highest BCUT2D eigenvalue weighted by atomic mass is 32.2. The second kappa shape index (κ2) is 7.02. The van der Waals surface area contributed by atoms with Crippen LogP contribution in [0, 0.1) is 5.92 Å². The molecule has 0 aliphatic carbocycles. The third kappa shape index (κ3) is 4.15. The van der Waals surface area contributed by atoms with Crippen LogP contribution in [0.15, 0.2) is 0 Å². The lowest BCUT2D eigenvalue weighted by molar-refractivity contribution is 0.219. The Kier molecular flexibility index (Phi) is 6.23. The molecule has 0 bridgehead atoms. The maximum atomic E-state index is 12.8. The molecule has 5 nitrogen and oxygen atoms in total. The minimum Gasteiger partial charge on any atom is -0.329 e. The highest BCUT2D eigenvalue weighted by Gasteiger charge is 2.37. The van der Waals surface area contributed by atoms with Crippen molar-refractivity contribution in [2.45, 2.75) is 59.0 Å². The molecule has 1 saturated heterocycles. The molecule has 1 unspecified atom stereocenters. The minimum absolute atomic E-state index is 0.0206. The molecule has 1 atom stereocenters. The van der Waals surface area contributed by atoms with Crippen LogP contribution in [0.3, 0.4) is 0 Å². The summed E-state index contributed by atoms with van der Waals surface area (Å²) >= 11 is 0. The van der Waals surface area contributed by atoms with Crippen molar-refractivity contribution in [3.05, 3.63) is 0 Å². The van der Waals surface area contributed by atoms with Gasteiger partial charge in [-0.1, -0.05) is 20.3 Å². The summed E-state index contributed by atoms with van der Waals surface area (Å²) in [7, 11) is -3.39. The number of nitrogens with two attached hydrogens (primary N) is 1. The molecule has 19 heavy (non-hydrogen) atoms. The van der Waals surface area contributed by atoms with Gasteiger partial charge in [-0.15, -0.1) is 0 Å². The lowest BCUT2D eigenvalue weighted by Crippen LogP contribution is -2.55. The van der Waals surface area contributed by atoms with Crippen molar-refractivity contribution in [2.24, 2.45) is 11.7 Å². The van der Waals surface area contributed by atoms with Crippen LogP contribution in [0.5, 0.6) is 0 Å². The molecule has 0 aromatic rings. The quantitative estimate of drug-likeness (QED) is 0.804. The van der Waals surface area contributed by atoms with Gasteiger partial charge in [0.2, 0.25) is 0 Å². The predicted molar refractivity (Wildman–Crippen MR) is 79.0 cm³/mol. The van der Waals surface area contributed by atoms with Gasteiger partial charge in [-0.2, -0.15) is 17.0 Å². The van der Waals surface area contributed by atoms with E-state index in [1.807, 2.05) is 27.7 Å². The van der Waals surface area contributed by atoms with Crippen molar-refractivity contribution in [2.75, 3.05) is 19.6 Å². The van der Waals surface area contributed by atoms with E-state index in [9.17, 15) is 8.42 Å². The van der Waals surface area contributed by atoms with Crippen LogP contribution in [0.1, 0.15) is 47.0 Å². The molecule has 0 spiro atoms. The van der Waals surface area contributed by atoms with E-state index < -0.39 is 10.2 Å². The van der Waals surface area contributed by atoms with Gasteiger partial charge in [0.1, 0.15) is 0 Å². The van der Waals surface area contributed by atoms with Crippen LogP contribution in [-0.2, 0) is 10.2 Å². The fourth-order valence-electron chi connectivity index (χ4n) is 2.58. The number of hydrogen-bond acceptors (Lipinski definition) is 3. The van der Waals surface area contributed by atoms with Crippen molar-refractivity contribution < 1.29 is 8.42 Å². The Balaban J connectivity index is 2.97. The van der Waals surface area contributed by atoms with Gasteiger partial charge in [-0.25, -0.2) is 0 Å². The lowest BCUT2D eigenvalue weighted by atomic mass is 10.1. The molecule has 1 rings (SSSR count). The first-order valence-corrected chi connectivity index (χ1v) is 8.69. The molecule has 6 heteroatoms. The normalized spacial score (nSPS) is 22.6. The van der Waals surface area contributed by atoms with Crippen LogP contribution in [0.4, 0.5) is 0 Å². The molecule has 1 aliphatic heterocycles. The Bertz CT molecular complexity index is 360. The Hall–Kier alpha value is -0.170. The van der Waals surface area contributed by atoms with E-state index in [1.54, 1.807) is 8.61 Å². The molecule has 1 fully saturated rings. The Morgan fingerprint density at radius 1 is 1.26 bits per heavy atom. The van der Waals surface area contributed by atoms with Gasteiger partial charge in [0.15, 0.2) is 0 Å². The van der Waals surface area contributed by atoms with Crippen molar-refractivity contribution in [3.63, 3.8) is 0 Å². The molecule has 0 aromatic heterocycles. The predicted octanol–water partition coefficient (Wildman–Crippen LogP) is 1.41. The summed E-state index contributed by atoms with van der Waals surface area (Å²) in [5.74, 6) is 0.318. The summed E-state index contributed by atoms with van der Waals surface area (Å²) in [6, 6.07) is -0.0556. The number of rotatable bonds is 6. The maximum Gasteiger partial charge on any atom is 0.282 e. The SMILES string of the molecule is CC(C)CN(C(C)C)S(=O)(=O)N1CCCCC1CN. The van der Waals surface area contributed by atoms with E-state index in [0.29, 0.717) is 25.6 Å². The summed E-state index contributed by atoms with van der Waals surface area (Å²) in [5, 5.41) is 0. The number of hydrogen-bond donors (Lipinski definition) is 1. The number of piperidine rings is 1. The summed E-state index contributed by atoms with van der Waals surface area (Å²) in [6.45, 7) is 9.53. The van der Waals surface area contributed by atoms with E-state index in [0.717, 1.165) is 19.3 Å². The van der Waals surface area contributed by atoms with E-state index in [-0.39, 0.29) is 12.1 Å². The fraction of sp³-hybridized carbons (Fsp3) is 1.00. The molecule has 114 valence electrons. The van der Waals surface area contributed by atoms with Gasteiger partial charge in [0.05, 0.1) is 0 Å². The van der Waals surface area contributed by atoms with Crippen LogP contribution in [0.25, 0.3) is 0 Å². The van der Waals surface area contributed by atoms with E-state index in [2.05, 4.69) is 0 Å². The van der Waals surface area contributed by atoms with Gasteiger partial charge in [0, 0.05) is 31.7 Å². The average molecular weight is 291 g/mol. The van der Waals surface area contributed by atoms with Gasteiger partial charge in [-0.05, 0) is 32.6 Å². The van der Waals surface area contributed by atoms with E-state index in [4.69, 9.17) is 5.73 Å². The van der Waals surface area contributed by atoms with Crippen molar-refractivity contribution in [1.82, 2.24) is 8.61 Å². The fourth-order valence-corrected chi connectivity index (χ4v) is 4.80. The molecular formula is C13H29N3O2S. The maximum absolute atomic E-state index is 12.8. The zero-order valence-electron chi connectivity index (χ0n) is 12.7. The van der Waals surface area contributed by atoms with Crippen LogP contribution >= 0.6 is 0 Å². The van der Waals surface area contributed by atoms with Gasteiger partial charge in [0.25, 0.3) is 10.2 Å². The average Bonchev–Trinajstić information content (AvgIpc) is 2.35. The van der Waals surface area contributed by atoms with Gasteiger partial charge >= 0.3 is 0 Å². The molecule has 0 amide bonds. The first kappa shape index (κ1) is 16.9. The summed E-state index contributed by atoms with van der Waals surface area (Å²) in [6.07, 6.45) is 2.88. The molecule has 0 saturated carbocycles. The molecule has 0 radical (unpaired) electrons. The van der Waals surface area contributed by atoms with Gasteiger partial charge < -0.3 is 5.73 Å². The van der Waals surface area contributed by atoms with Crippen molar-refractivity contribution in [3.8, 4) is 0 Å². The first-order valence-electron chi connectivity index (χ1n) is 7.29. The second-order valence-corrected chi connectivity index (χ2v) is 7.89. The molecule has 1 heterocycles. The van der Waals surface area contributed by atoms with E-state index in [1.165, 1.54) is 0 Å². The monoisotopic (exact) mass is 291 g/mol. The molecular weight excluding hydrogens is 262 g/mol. The zero-order chi connectivity index (χ0) is 14.6.